The molecule has 1 heterocycles. The Kier molecular flexibility index (Phi) is 4.29. The molecule has 1 aliphatic heterocycles. The fourth-order valence-corrected chi connectivity index (χ4v) is 4.30. The second-order valence-electron chi connectivity index (χ2n) is 6.89. The van der Waals surface area contributed by atoms with E-state index in [1.165, 1.54) is 4.90 Å². The summed E-state index contributed by atoms with van der Waals surface area (Å²) in [5.74, 6) is -1.04. The van der Waals surface area contributed by atoms with Crippen LogP contribution in [0.25, 0.3) is 0 Å². The predicted octanol–water partition coefficient (Wildman–Crippen LogP) is 3.91. The Balaban J connectivity index is 1.81. The largest absolute Gasteiger partial charge is 0.278 e. The predicted molar refractivity (Wildman–Crippen MR) is 101 cm³/mol. The van der Waals surface area contributed by atoms with E-state index in [1.54, 1.807) is 6.08 Å². The number of carbonyl (C=O) groups excluding carboxylic acids is 2. The van der Waals surface area contributed by atoms with Crippen molar-refractivity contribution in [1.82, 2.24) is 4.90 Å². The van der Waals surface area contributed by atoms with Crippen LogP contribution in [-0.2, 0) is 9.59 Å². The molecule has 3 heteroatoms. The van der Waals surface area contributed by atoms with Crippen LogP contribution in [0.15, 0.2) is 85.5 Å². The zero-order valence-corrected chi connectivity index (χ0v) is 14.5. The van der Waals surface area contributed by atoms with Gasteiger partial charge in [0.25, 0.3) is 0 Å². The Morgan fingerprint density at radius 2 is 1.19 bits per heavy atom. The van der Waals surface area contributed by atoms with Gasteiger partial charge in [-0.3, -0.25) is 14.5 Å². The minimum absolute atomic E-state index is 0.0765. The molecule has 0 N–H and O–H groups in total. The monoisotopic (exact) mass is 343 g/mol. The molecule has 0 spiro atoms. The Morgan fingerprint density at radius 1 is 0.769 bits per heavy atom. The van der Waals surface area contributed by atoms with Gasteiger partial charge in [0.1, 0.15) is 0 Å². The number of likely N-dealkylation sites (tertiary alicyclic amines) is 1. The molecule has 2 aliphatic rings. The number of hydrogen-bond donors (Lipinski definition) is 0. The van der Waals surface area contributed by atoms with Crippen LogP contribution in [0.1, 0.15) is 23.0 Å². The zero-order valence-electron chi connectivity index (χ0n) is 14.5. The SMILES string of the molecule is C=CCN1C(=O)[C@@H]2[C@H](C1=O)[C@H](c1ccccc1)C=C[C@H]2c1ccccc1. The molecule has 2 aromatic carbocycles. The van der Waals surface area contributed by atoms with Gasteiger partial charge in [-0.05, 0) is 11.1 Å². The third kappa shape index (κ3) is 2.60. The molecule has 0 aromatic heterocycles. The molecular weight excluding hydrogens is 322 g/mol. The quantitative estimate of drug-likeness (QED) is 0.623. The molecule has 2 aromatic rings. The van der Waals surface area contributed by atoms with Crippen LogP contribution in [0.4, 0.5) is 0 Å². The highest BCUT2D eigenvalue weighted by Crippen LogP contribution is 2.49. The molecule has 4 rings (SSSR count). The van der Waals surface area contributed by atoms with E-state index in [1.807, 2.05) is 60.7 Å². The van der Waals surface area contributed by atoms with Gasteiger partial charge in [-0.1, -0.05) is 78.9 Å². The maximum atomic E-state index is 13.1. The summed E-state index contributed by atoms with van der Waals surface area (Å²) < 4.78 is 0. The third-order valence-corrected chi connectivity index (χ3v) is 5.47. The first kappa shape index (κ1) is 16.5. The van der Waals surface area contributed by atoms with Gasteiger partial charge in [-0.15, -0.1) is 6.58 Å². The van der Waals surface area contributed by atoms with Gasteiger partial charge < -0.3 is 0 Å². The maximum absolute atomic E-state index is 13.1. The van der Waals surface area contributed by atoms with E-state index in [2.05, 4.69) is 18.7 Å². The van der Waals surface area contributed by atoms with E-state index in [0.717, 1.165) is 11.1 Å². The first-order valence-corrected chi connectivity index (χ1v) is 8.96. The number of benzene rings is 2. The Morgan fingerprint density at radius 3 is 1.58 bits per heavy atom. The zero-order chi connectivity index (χ0) is 18.1. The summed E-state index contributed by atoms with van der Waals surface area (Å²) in [5.41, 5.74) is 2.15. The summed E-state index contributed by atoms with van der Waals surface area (Å²) in [5, 5.41) is 0. The van der Waals surface area contributed by atoms with Crippen LogP contribution in [0, 0.1) is 11.8 Å². The van der Waals surface area contributed by atoms with Crippen LogP contribution in [0.3, 0.4) is 0 Å². The molecule has 0 saturated carbocycles. The molecular formula is C23H21NO2. The second kappa shape index (κ2) is 6.75. The van der Waals surface area contributed by atoms with Crippen molar-refractivity contribution in [3.05, 3.63) is 96.6 Å². The highest BCUT2D eigenvalue weighted by Gasteiger charge is 2.54. The maximum Gasteiger partial charge on any atom is 0.234 e. The van der Waals surface area contributed by atoms with Crippen molar-refractivity contribution in [2.45, 2.75) is 11.8 Å². The lowest BCUT2D eigenvalue weighted by Gasteiger charge is -2.32. The lowest BCUT2D eigenvalue weighted by Crippen LogP contribution is -2.31. The molecule has 3 nitrogen and oxygen atoms in total. The number of amides is 2. The lowest BCUT2D eigenvalue weighted by molar-refractivity contribution is -0.139. The molecule has 0 bridgehead atoms. The smallest absolute Gasteiger partial charge is 0.234 e. The summed E-state index contributed by atoms with van der Waals surface area (Å²) >= 11 is 0. The van der Waals surface area contributed by atoms with Crippen LogP contribution >= 0.6 is 0 Å². The Labute approximate surface area is 153 Å². The highest BCUT2D eigenvalue weighted by molar-refractivity contribution is 6.06. The number of carbonyl (C=O) groups is 2. The van der Waals surface area contributed by atoms with Crippen molar-refractivity contribution in [3.8, 4) is 0 Å². The normalized spacial score (nSPS) is 27.5. The molecule has 1 saturated heterocycles. The van der Waals surface area contributed by atoms with Gasteiger partial charge in [-0.2, -0.15) is 0 Å². The summed E-state index contributed by atoms with van der Waals surface area (Å²) in [6, 6.07) is 20.0. The van der Waals surface area contributed by atoms with Crippen molar-refractivity contribution in [3.63, 3.8) is 0 Å². The summed E-state index contributed by atoms with van der Waals surface area (Å²) in [6.07, 6.45) is 5.84. The first-order valence-electron chi connectivity index (χ1n) is 8.96. The summed E-state index contributed by atoms with van der Waals surface area (Å²) in [7, 11) is 0. The molecule has 0 radical (unpaired) electrons. The van der Waals surface area contributed by atoms with Crippen molar-refractivity contribution in [2.75, 3.05) is 6.54 Å². The minimum Gasteiger partial charge on any atom is -0.278 e. The number of fused-ring (bicyclic) bond motifs is 1. The Bertz CT molecular complexity index is 789. The van der Waals surface area contributed by atoms with E-state index in [4.69, 9.17) is 0 Å². The van der Waals surface area contributed by atoms with Gasteiger partial charge in [0.15, 0.2) is 0 Å². The van der Waals surface area contributed by atoms with Crippen molar-refractivity contribution in [1.29, 1.82) is 0 Å². The van der Waals surface area contributed by atoms with E-state index in [9.17, 15) is 9.59 Å². The van der Waals surface area contributed by atoms with Gasteiger partial charge in [0, 0.05) is 18.4 Å². The fourth-order valence-electron chi connectivity index (χ4n) is 4.30. The standard InChI is InChI=1S/C23H21NO2/c1-2-15-24-22(25)20-18(16-9-5-3-6-10-16)13-14-19(21(20)23(24)26)17-11-7-4-8-12-17/h2-14,18-21H,1,15H2/t18-,19-,20-,21+/m0/s1. The van der Waals surface area contributed by atoms with Crippen LogP contribution in [0.2, 0.25) is 0 Å². The fraction of sp³-hybridized carbons (Fsp3) is 0.217. The van der Waals surface area contributed by atoms with Crippen LogP contribution in [-0.4, -0.2) is 23.3 Å². The number of imide groups is 1. The summed E-state index contributed by atoms with van der Waals surface area (Å²) in [6.45, 7) is 3.97. The van der Waals surface area contributed by atoms with Crippen molar-refractivity contribution >= 4 is 11.8 Å². The van der Waals surface area contributed by atoms with Crippen molar-refractivity contribution in [2.24, 2.45) is 11.8 Å². The van der Waals surface area contributed by atoms with E-state index < -0.39 is 0 Å². The van der Waals surface area contributed by atoms with Gasteiger partial charge in [0.2, 0.25) is 11.8 Å². The molecule has 2 amide bonds. The number of hydrogen-bond acceptors (Lipinski definition) is 2. The number of rotatable bonds is 4. The topological polar surface area (TPSA) is 37.4 Å². The van der Waals surface area contributed by atoms with Gasteiger partial charge in [-0.25, -0.2) is 0 Å². The molecule has 1 aliphatic carbocycles. The number of allylic oxidation sites excluding steroid dienone is 2. The lowest BCUT2D eigenvalue weighted by atomic mass is 9.68. The van der Waals surface area contributed by atoms with E-state index in [-0.39, 0.29) is 42.0 Å². The van der Waals surface area contributed by atoms with Crippen LogP contribution in [0.5, 0.6) is 0 Å². The second-order valence-corrected chi connectivity index (χ2v) is 6.89. The molecule has 26 heavy (non-hydrogen) atoms. The molecule has 1 fully saturated rings. The Hall–Kier alpha value is -2.94. The highest BCUT2D eigenvalue weighted by atomic mass is 16.2. The minimum atomic E-state index is -0.361. The van der Waals surface area contributed by atoms with E-state index in [0.29, 0.717) is 0 Å². The molecule has 4 atom stereocenters. The van der Waals surface area contributed by atoms with E-state index >= 15 is 0 Å². The molecule has 130 valence electrons. The average Bonchev–Trinajstić information content (AvgIpc) is 2.95. The average molecular weight is 343 g/mol. The summed E-state index contributed by atoms with van der Waals surface area (Å²) in [4.78, 5) is 27.6. The van der Waals surface area contributed by atoms with Crippen LogP contribution < -0.4 is 0 Å². The van der Waals surface area contributed by atoms with Crippen molar-refractivity contribution < 1.29 is 9.59 Å². The van der Waals surface area contributed by atoms with Gasteiger partial charge in [0.05, 0.1) is 11.8 Å². The molecule has 0 unspecified atom stereocenters. The number of nitrogens with zero attached hydrogens (tertiary/aromatic N) is 1. The first-order chi connectivity index (χ1) is 12.7. The third-order valence-electron chi connectivity index (χ3n) is 5.47. The van der Waals surface area contributed by atoms with Gasteiger partial charge >= 0.3 is 0 Å².